The summed E-state index contributed by atoms with van der Waals surface area (Å²) in [4.78, 5) is 0. The molecule has 0 spiro atoms. The second-order valence-corrected chi connectivity index (χ2v) is 4.13. The predicted molar refractivity (Wildman–Crippen MR) is 61.4 cm³/mol. The molecular formula is C12H22B. The van der Waals surface area contributed by atoms with E-state index in [0.29, 0.717) is 0 Å². The summed E-state index contributed by atoms with van der Waals surface area (Å²) in [5.41, 5.74) is 0. The molecule has 1 aliphatic carbocycles. The Morgan fingerprint density at radius 3 is 1.92 bits per heavy atom. The molecule has 0 amide bonds. The maximum absolute atomic E-state index is 2.41. The summed E-state index contributed by atoms with van der Waals surface area (Å²) in [6.07, 6.45) is 15.8. The highest BCUT2D eigenvalue weighted by molar-refractivity contribution is 6.35. The molecule has 0 unspecified atom stereocenters. The van der Waals surface area contributed by atoms with Crippen molar-refractivity contribution in [3.63, 3.8) is 0 Å². The summed E-state index contributed by atoms with van der Waals surface area (Å²) in [6, 6.07) is 0. The number of rotatable bonds is 1. The molecule has 1 aliphatic rings. The van der Waals surface area contributed by atoms with E-state index in [4.69, 9.17) is 0 Å². The molecule has 0 saturated carbocycles. The van der Waals surface area contributed by atoms with E-state index in [9.17, 15) is 0 Å². The van der Waals surface area contributed by atoms with Crippen LogP contribution in [0.4, 0.5) is 0 Å². The van der Waals surface area contributed by atoms with Gasteiger partial charge in [-0.05, 0) is 25.7 Å². The van der Waals surface area contributed by atoms with E-state index in [1.807, 2.05) is 0 Å². The number of allylic oxidation sites excluding steroid dienone is 2. The van der Waals surface area contributed by atoms with Crippen LogP contribution in [-0.2, 0) is 0 Å². The zero-order chi connectivity index (χ0) is 9.36. The van der Waals surface area contributed by atoms with Crippen LogP contribution >= 0.6 is 0 Å². The second kappa shape index (κ2) is 7.23. The highest BCUT2D eigenvalue weighted by Crippen LogP contribution is 2.22. The largest absolute Gasteiger partial charge is 0.110 e. The predicted octanol–water partition coefficient (Wildman–Crippen LogP) is 4.22. The SMILES string of the molecule is C[B]C1CCCC/C=C\CCCC1. The topological polar surface area (TPSA) is 0 Å². The van der Waals surface area contributed by atoms with Crippen molar-refractivity contribution in [3.8, 4) is 0 Å². The fraction of sp³-hybridized carbons (Fsp3) is 0.833. The normalized spacial score (nSPS) is 24.7. The lowest BCUT2D eigenvalue weighted by atomic mass is 9.63. The second-order valence-electron chi connectivity index (χ2n) is 4.13. The summed E-state index contributed by atoms with van der Waals surface area (Å²) in [5.74, 6) is 0.901. The fourth-order valence-electron chi connectivity index (χ4n) is 2.05. The van der Waals surface area contributed by atoms with Crippen LogP contribution in [0.5, 0.6) is 0 Å². The quantitative estimate of drug-likeness (QED) is 0.415. The average Bonchev–Trinajstić information content (AvgIpc) is 2.22. The summed E-state index contributed by atoms with van der Waals surface area (Å²) >= 11 is 0. The van der Waals surface area contributed by atoms with E-state index >= 15 is 0 Å². The maximum atomic E-state index is 2.41. The highest BCUT2D eigenvalue weighted by atomic mass is 14.0. The first kappa shape index (κ1) is 10.9. The molecule has 0 fully saturated rings. The molecule has 0 saturated heterocycles. The Balaban J connectivity index is 2.25. The lowest BCUT2D eigenvalue weighted by molar-refractivity contribution is 0.585. The first-order valence-corrected chi connectivity index (χ1v) is 5.88. The molecule has 0 aromatic carbocycles. The highest BCUT2D eigenvalue weighted by Gasteiger charge is 2.06. The first-order chi connectivity index (χ1) is 6.43. The molecule has 13 heavy (non-hydrogen) atoms. The van der Waals surface area contributed by atoms with Gasteiger partial charge < -0.3 is 0 Å². The van der Waals surface area contributed by atoms with E-state index in [1.54, 1.807) is 0 Å². The Hall–Kier alpha value is -0.195. The third-order valence-corrected chi connectivity index (χ3v) is 3.03. The summed E-state index contributed by atoms with van der Waals surface area (Å²) in [7, 11) is 2.41. The van der Waals surface area contributed by atoms with Gasteiger partial charge in [0.2, 0.25) is 0 Å². The standard InChI is InChI=1S/C12H22B/c1-13-12-10-8-6-4-2-3-5-7-9-11-12/h2-3,12H,4-11H2,1H3/b3-2-. The van der Waals surface area contributed by atoms with Gasteiger partial charge in [0.25, 0.3) is 0 Å². The Morgan fingerprint density at radius 2 is 1.46 bits per heavy atom. The van der Waals surface area contributed by atoms with E-state index in [2.05, 4.69) is 26.3 Å². The van der Waals surface area contributed by atoms with Gasteiger partial charge in [-0.3, -0.25) is 0 Å². The zero-order valence-corrected chi connectivity index (χ0v) is 8.97. The molecule has 0 aromatic rings. The van der Waals surface area contributed by atoms with Gasteiger partial charge in [-0.1, -0.05) is 50.5 Å². The van der Waals surface area contributed by atoms with Crippen LogP contribution in [0.25, 0.3) is 0 Å². The lowest BCUT2D eigenvalue weighted by Gasteiger charge is -2.12. The van der Waals surface area contributed by atoms with Crippen molar-refractivity contribution in [3.05, 3.63) is 12.2 Å². The van der Waals surface area contributed by atoms with Crippen LogP contribution in [0, 0.1) is 0 Å². The third-order valence-electron chi connectivity index (χ3n) is 3.03. The van der Waals surface area contributed by atoms with Gasteiger partial charge in [0.15, 0.2) is 0 Å². The Kier molecular flexibility index (Phi) is 6.05. The Bertz CT molecular complexity index is 126. The fourth-order valence-corrected chi connectivity index (χ4v) is 2.05. The molecule has 0 heterocycles. The van der Waals surface area contributed by atoms with Gasteiger partial charge in [-0.2, -0.15) is 0 Å². The summed E-state index contributed by atoms with van der Waals surface area (Å²) < 4.78 is 0. The molecular weight excluding hydrogens is 155 g/mol. The van der Waals surface area contributed by atoms with Crippen LogP contribution in [-0.4, -0.2) is 7.28 Å². The van der Waals surface area contributed by atoms with Crippen molar-refractivity contribution < 1.29 is 0 Å². The minimum Gasteiger partial charge on any atom is -0.0917 e. The van der Waals surface area contributed by atoms with Crippen LogP contribution in [0.1, 0.15) is 51.4 Å². The average molecular weight is 177 g/mol. The van der Waals surface area contributed by atoms with E-state index in [0.717, 1.165) is 5.82 Å². The van der Waals surface area contributed by atoms with Crippen molar-refractivity contribution in [2.75, 3.05) is 0 Å². The monoisotopic (exact) mass is 177 g/mol. The molecule has 73 valence electrons. The smallest absolute Gasteiger partial charge is 0.0917 e. The minimum atomic E-state index is 0.901. The van der Waals surface area contributed by atoms with Crippen LogP contribution in [0.3, 0.4) is 0 Å². The van der Waals surface area contributed by atoms with Crippen molar-refractivity contribution >= 4 is 7.28 Å². The molecule has 0 aromatic heterocycles. The zero-order valence-electron chi connectivity index (χ0n) is 8.97. The van der Waals surface area contributed by atoms with Crippen LogP contribution in [0.2, 0.25) is 12.6 Å². The van der Waals surface area contributed by atoms with Gasteiger partial charge in [0.05, 0.1) is 0 Å². The van der Waals surface area contributed by atoms with Gasteiger partial charge in [-0.15, -0.1) is 0 Å². The number of hydrogen-bond acceptors (Lipinski definition) is 0. The molecule has 0 atom stereocenters. The van der Waals surface area contributed by atoms with Crippen LogP contribution < -0.4 is 0 Å². The van der Waals surface area contributed by atoms with Gasteiger partial charge in [0, 0.05) is 0 Å². The van der Waals surface area contributed by atoms with E-state index in [1.165, 1.54) is 51.4 Å². The van der Waals surface area contributed by atoms with Crippen molar-refractivity contribution in [1.29, 1.82) is 0 Å². The molecule has 1 radical (unpaired) electrons. The van der Waals surface area contributed by atoms with Crippen LogP contribution in [0.15, 0.2) is 12.2 Å². The molecule has 0 nitrogen and oxygen atoms in total. The molecule has 0 aliphatic heterocycles. The van der Waals surface area contributed by atoms with Crippen molar-refractivity contribution in [2.45, 2.75) is 64.0 Å². The molecule has 0 N–H and O–H groups in total. The maximum Gasteiger partial charge on any atom is 0.110 e. The van der Waals surface area contributed by atoms with Gasteiger partial charge >= 0.3 is 0 Å². The van der Waals surface area contributed by atoms with E-state index < -0.39 is 0 Å². The molecule has 1 rings (SSSR count). The Labute approximate surface area is 84.0 Å². The number of hydrogen-bond donors (Lipinski definition) is 0. The molecule has 1 heteroatoms. The van der Waals surface area contributed by atoms with Crippen molar-refractivity contribution in [1.82, 2.24) is 0 Å². The van der Waals surface area contributed by atoms with E-state index in [-0.39, 0.29) is 0 Å². The van der Waals surface area contributed by atoms with Gasteiger partial charge in [0.1, 0.15) is 7.28 Å². The third kappa shape index (κ3) is 5.18. The van der Waals surface area contributed by atoms with Crippen molar-refractivity contribution in [2.24, 2.45) is 0 Å². The summed E-state index contributed by atoms with van der Waals surface area (Å²) in [5, 5.41) is 0. The first-order valence-electron chi connectivity index (χ1n) is 5.88. The summed E-state index contributed by atoms with van der Waals surface area (Å²) in [6.45, 7) is 2.22. The minimum absolute atomic E-state index is 0.901. The van der Waals surface area contributed by atoms with Gasteiger partial charge in [-0.25, -0.2) is 0 Å². The lowest BCUT2D eigenvalue weighted by Crippen LogP contribution is -2.00. The Morgan fingerprint density at radius 1 is 0.923 bits per heavy atom. The molecule has 0 bridgehead atoms.